The summed E-state index contributed by atoms with van der Waals surface area (Å²) in [7, 11) is 0. The first-order chi connectivity index (χ1) is 10.2. The van der Waals surface area contributed by atoms with Gasteiger partial charge in [0, 0.05) is 18.8 Å². The van der Waals surface area contributed by atoms with Gasteiger partial charge in [0.05, 0.1) is 6.61 Å². The van der Waals surface area contributed by atoms with E-state index >= 15 is 0 Å². The maximum atomic E-state index is 11.8. The number of pyridine rings is 1. The molecule has 0 aromatic carbocycles. The molecule has 5 nitrogen and oxygen atoms in total. The van der Waals surface area contributed by atoms with Crippen LogP contribution in [0.15, 0.2) is 39.5 Å². The fourth-order valence-electron chi connectivity index (χ4n) is 1.79. The third-order valence-electron chi connectivity index (χ3n) is 3.21. The summed E-state index contributed by atoms with van der Waals surface area (Å²) < 4.78 is 11.3. The molecule has 1 saturated carbocycles. The Morgan fingerprint density at radius 1 is 1.38 bits per heavy atom. The zero-order valence-electron chi connectivity index (χ0n) is 11.3. The van der Waals surface area contributed by atoms with Gasteiger partial charge in [-0.15, -0.1) is 0 Å². The average Bonchev–Trinajstić information content (AvgIpc) is 3.23. The highest BCUT2D eigenvalue weighted by molar-refractivity contribution is 9.10. The number of aromatic nitrogens is 1. The number of hydrogen-bond acceptors (Lipinski definition) is 4. The van der Waals surface area contributed by atoms with Crippen LogP contribution in [0.4, 0.5) is 0 Å². The minimum atomic E-state index is -0.255. The zero-order valence-corrected chi connectivity index (χ0v) is 12.9. The van der Waals surface area contributed by atoms with Crippen LogP contribution in [0.3, 0.4) is 0 Å². The molecule has 21 heavy (non-hydrogen) atoms. The van der Waals surface area contributed by atoms with E-state index in [2.05, 4.69) is 26.2 Å². The minimum absolute atomic E-state index is 0.255. The van der Waals surface area contributed by atoms with Crippen LogP contribution in [-0.4, -0.2) is 17.5 Å². The molecule has 0 unspecified atom stereocenters. The van der Waals surface area contributed by atoms with E-state index < -0.39 is 0 Å². The molecule has 1 N–H and O–H groups in total. The van der Waals surface area contributed by atoms with Crippen molar-refractivity contribution in [3.8, 4) is 5.88 Å². The number of nitrogens with one attached hydrogen (secondary N) is 1. The quantitative estimate of drug-likeness (QED) is 0.868. The highest BCUT2D eigenvalue weighted by Crippen LogP contribution is 2.29. The summed E-state index contributed by atoms with van der Waals surface area (Å²) >= 11 is 3.16. The molecule has 1 fully saturated rings. The number of furan rings is 1. The Morgan fingerprint density at radius 2 is 2.24 bits per heavy atom. The molecule has 2 heterocycles. The van der Waals surface area contributed by atoms with E-state index in [1.807, 2.05) is 12.1 Å². The maximum Gasteiger partial charge on any atom is 0.287 e. The molecule has 3 rings (SSSR count). The Morgan fingerprint density at radius 3 is 2.86 bits per heavy atom. The predicted molar refractivity (Wildman–Crippen MR) is 80.0 cm³/mol. The second kappa shape index (κ2) is 6.30. The van der Waals surface area contributed by atoms with Crippen molar-refractivity contribution in [3.63, 3.8) is 0 Å². The van der Waals surface area contributed by atoms with Crippen molar-refractivity contribution in [2.45, 2.75) is 19.4 Å². The summed E-state index contributed by atoms with van der Waals surface area (Å²) in [5.74, 6) is 1.36. The Kier molecular flexibility index (Phi) is 4.24. The van der Waals surface area contributed by atoms with E-state index in [9.17, 15) is 4.79 Å². The number of rotatable bonds is 6. The lowest BCUT2D eigenvalue weighted by Crippen LogP contribution is -2.22. The van der Waals surface area contributed by atoms with Crippen molar-refractivity contribution in [2.75, 3.05) is 6.61 Å². The molecular formula is C15H15BrN2O3. The Balaban J connectivity index is 1.49. The molecule has 6 heteroatoms. The van der Waals surface area contributed by atoms with Crippen molar-refractivity contribution in [3.05, 3.63) is 46.5 Å². The Hall–Kier alpha value is -1.82. The lowest BCUT2D eigenvalue weighted by atomic mass is 10.3. The molecule has 2 aromatic rings. The molecule has 0 atom stereocenters. The second-order valence-corrected chi connectivity index (χ2v) is 5.83. The number of nitrogens with zero attached hydrogens (tertiary/aromatic N) is 1. The van der Waals surface area contributed by atoms with Gasteiger partial charge in [-0.2, -0.15) is 0 Å². The third kappa shape index (κ3) is 4.07. The standard InChI is InChI=1S/C15H15BrN2O3/c16-13-5-4-12(21-13)15(19)18-8-11-3-6-14(17-7-11)20-9-10-1-2-10/h3-7,10H,1-2,8-9H2,(H,18,19). The summed E-state index contributed by atoms with van der Waals surface area (Å²) in [4.78, 5) is 16.0. The van der Waals surface area contributed by atoms with Crippen LogP contribution in [0.2, 0.25) is 0 Å². The predicted octanol–water partition coefficient (Wildman–Crippen LogP) is 3.16. The molecule has 2 aromatic heterocycles. The molecule has 1 aliphatic carbocycles. The van der Waals surface area contributed by atoms with Gasteiger partial charge < -0.3 is 14.5 Å². The van der Waals surface area contributed by atoms with Crippen molar-refractivity contribution in [1.29, 1.82) is 0 Å². The van der Waals surface area contributed by atoms with Crippen LogP contribution in [0.1, 0.15) is 29.0 Å². The zero-order chi connectivity index (χ0) is 14.7. The Labute approximate surface area is 130 Å². The van der Waals surface area contributed by atoms with Crippen molar-refractivity contribution in [1.82, 2.24) is 10.3 Å². The number of halogens is 1. The largest absolute Gasteiger partial charge is 0.477 e. The number of ether oxygens (including phenoxy) is 1. The van der Waals surface area contributed by atoms with E-state index in [-0.39, 0.29) is 11.7 Å². The number of carbonyl (C=O) groups is 1. The van der Waals surface area contributed by atoms with E-state index in [0.29, 0.717) is 23.0 Å². The lowest BCUT2D eigenvalue weighted by Gasteiger charge is -2.06. The van der Waals surface area contributed by atoms with Gasteiger partial charge in [0.1, 0.15) is 0 Å². The van der Waals surface area contributed by atoms with Crippen LogP contribution in [0.5, 0.6) is 5.88 Å². The van der Waals surface area contributed by atoms with Crippen LogP contribution < -0.4 is 10.1 Å². The summed E-state index contributed by atoms with van der Waals surface area (Å²) in [6, 6.07) is 7.02. The van der Waals surface area contributed by atoms with Gasteiger partial charge in [-0.1, -0.05) is 6.07 Å². The minimum Gasteiger partial charge on any atom is -0.477 e. The van der Waals surface area contributed by atoms with Crippen LogP contribution in [0, 0.1) is 5.92 Å². The van der Waals surface area contributed by atoms with Crippen LogP contribution >= 0.6 is 15.9 Å². The first-order valence-electron chi connectivity index (χ1n) is 6.82. The normalized spacial score (nSPS) is 14.0. The molecule has 1 aliphatic rings. The van der Waals surface area contributed by atoms with Crippen molar-refractivity contribution < 1.29 is 13.9 Å². The molecule has 0 bridgehead atoms. The van der Waals surface area contributed by atoms with Crippen LogP contribution in [-0.2, 0) is 6.54 Å². The highest BCUT2D eigenvalue weighted by Gasteiger charge is 2.22. The van der Waals surface area contributed by atoms with Crippen molar-refractivity contribution in [2.24, 2.45) is 5.92 Å². The van der Waals surface area contributed by atoms with Gasteiger partial charge >= 0.3 is 0 Å². The molecule has 110 valence electrons. The second-order valence-electron chi connectivity index (χ2n) is 5.05. The molecule has 0 spiro atoms. The number of amides is 1. The monoisotopic (exact) mass is 350 g/mol. The van der Waals surface area contributed by atoms with E-state index in [1.165, 1.54) is 12.8 Å². The Bertz CT molecular complexity index is 620. The number of hydrogen-bond donors (Lipinski definition) is 1. The first kappa shape index (κ1) is 14.1. The van der Waals surface area contributed by atoms with Gasteiger partial charge in [-0.3, -0.25) is 4.79 Å². The number of carbonyl (C=O) groups excluding carboxylic acids is 1. The fourth-order valence-corrected chi connectivity index (χ4v) is 2.10. The molecule has 1 amide bonds. The summed E-state index contributed by atoms with van der Waals surface area (Å²) in [6.07, 6.45) is 4.22. The third-order valence-corrected chi connectivity index (χ3v) is 3.64. The van der Waals surface area contributed by atoms with Gasteiger partial charge in [-0.05, 0) is 52.4 Å². The van der Waals surface area contributed by atoms with Crippen LogP contribution in [0.25, 0.3) is 0 Å². The smallest absolute Gasteiger partial charge is 0.287 e. The average molecular weight is 351 g/mol. The van der Waals surface area contributed by atoms with E-state index in [1.54, 1.807) is 18.3 Å². The molecule has 0 aliphatic heterocycles. The highest BCUT2D eigenvalue weighted by atomic mass is 79.9. The topological polar surface area (TPSA) is 64.4 Å². The molecular weight excluding hydrogens is 336 g/mol. The molecule has 0 radical (unpaired) electrons. The molecule has 0 saturated heterocycles. The lowest BCUT2D eigenvalue weighted by molar-refractivity contribution is 0.0922. The van der Waals surface area contributed by atoms with Gasteiger partial charge in [0.25, 0.3) is 5.91 Å². The van der Waals surface area contributed by atoms with Gasteiger partial charge in [0.15, 0.2) is 10.4 Å². The summed E-state index contributed by atoms with van der Waals surface area (Å²) in [5.41, 5.74) is 0.910. The van der Waals surface area contributed by atoms with E-state index in [4.69, 9.17) is 9.15 Å². The SMILES string of the molecule is O=C(NCc1ccc(OCC2CC2)nc1)c1ccc(Br)o1. The first-order valence-corrected chi connectivity index (χ1v) is 7.61. The fraction of sp³-hybridized carbons (Fsp3) is 0.333. The van der Waals surface area contributed by atoms with Crippen molar-refractivity contribution >= 4 is 21.8 Å². The van der Waals surface area contributed by atoms with E-state index in [0.717, 1.165) is 12.2 Å². The van der Waals surface area contributed by atoms with Gasteiger partial charge in [-0.25, -0.2) is 4.98 Å². The summed E-state index contributed by atoms with van der Waals surface area (Å²) in [5, 5.41) is 2.77. The summed E-state index contributed by atoms with van der Waals surface area (Å²) in [6.45, 7) is 1.14. The van der Waals surface area contributed by atoms with Gasteiger partial charge in [0.2, 0.25) is 5.88 Å². The maximum absolute atomic E-state index is 11.8.